The minimum atomic E-state index is -0.00828. The molecule has 0 fully saturated rings. The third-order valence-electron chi connectivity index (χ3n) is 3.60. The molecule has 0 N–H and O–H groups in total. The molecule has 0 radical (unpaired) electrons. The highest BCUT2D eigenvalue weighted by Gasteiger charge is 2.14. The van der Waals surface area contributed by atoms with Crippen LogP contribution in [-0.2, 0) is 6.54 Å². The van der Waals surface area contributed by atoms with Gasteiger partial charge in [0.1, 0.15) is 0 Å². The highest BCUT2D eigenvalue weighted by molar-refractivity contribution is 7.10. The van der Waals surface area contributed by atoms with Crippen LogP contribution in [0.5, 0.6) is 0 Å². The highest BCUT2D eigenvalue weighted by atomic mass is 32.1. The van der Waals surface area contributed by atoms with Crippen LogP contribution >= 0.6 is 11.3 Å². The summed E-state index contributed by atoms with van der Waals surface area (Å²) in [4.78, 5) is 19.6. The maximum Gasteiger partial charge on any atom is 0.257 e. The Labute approximate surface area is 138 Å². The molecule has 0 saturated heterocycles. The van der Waals surface area contributed by atoms with Crippen LogP contribution in [-0.4, -0.2) is 28.0 Å². The maximum atomic E-state index is 12.5. The van der Waals surface area contributed by atoms with Gasteiger partial charge in [-0.2, -0.15) is 4.98 Å². The second kappa shape index (κ2) is 6.34. The van der Waals surface area contributed by atoms with Gasteiger partial charge < -0.3 is 9.42 Å². The summed E-state index contributed by atoms with van der Waals surface area (Å²) in [7, 11) is 1.82. The van der Waals surface area contributed by atoms with Crippen molar-refractivity contribution < 1.29 is 9.32 Å². The fourth-order valence-corrected chi connectivity index (χ4v) is 3.20. The summed E-state index contributed by atoms with van der Waals surface area (Å²) in [5.41, 5.74) is 2.66. The molecule has 0 aliphatic heterocycles. The summed E-state index contributed by atoms with van der Waals surface area (Å²) >= 11 is 1.67. The van der Waals surface area contributed by atoms with E-state index in [0.717, 1.165) is 5.56 Å². The van der Waals surface area contributed by atoms with E-state index in [0.29, 0.717) is 23.8 Å². The van der Waals surface area contributed by atoms with E-state index in [-0.39, 0.29) is 5.91 Å². The number of thiophene rings is 1. The molecule has 0 saturated carbocycles. The molecule has 1 amide bonds. The Bertz CT molecular complexity index is 820. The molecule has 1 aromatic carbocycles. The van der Waals surface area contributed by atoms with E-state index < -0.39 is 0 Å². The van der Waals surface area contributed by atoms with Crippen molar-refractivity contribution in [1.29, 1.82) is 0 Å². The predicted molar refractivity (Wildman–Crippen MR) is 89.3 cm³/mol. The predicted octanol–water partition coefficient (Wildman–Crippen LogP) is 3.69. The zero-order valence-corrected chi connectivity index (χ0v) is 14.1. The van der Waals surface area contributed by atoms with Crippen LogP contribution in [0.2, 0.25) is 0 Å². The summed E-state index contributed by atoms with van der Waals surface area (Å²) in [6.45, 7) is 4.45. The molecule has 5 nitrogen and oxygen atoms in total. The van der Waals surface area contributed by atoms with Crippen molar-refractivity contribution in [2.75, 3.05) is 7.05 Å². The molecule has 6 heteroatoms. The number of carbonyl (C=O) groups is 1. The van der Waals surface area contributed by atoms with Crippen LogP contribution in [0.25, 0.3) is 11.5 Å². The Kier molecular flexibility index (Phi) is 4.25. The second-order valence-corrected chi connectivity index (χ2v) is 6.41. The minimum absolute atomic E-state index is 0.00828. The van der Waals surface area contributed by atoms with Crippen LogP contribution in [0.15, 0.2) is 40.2 Å². The zero-order chi connectivity index (χ0) is 16.4. The minimum Gasteiger partial charge on any atom is -0.337 e. The van der Waals surface area contributed by atoms with Gasteiger partial charge in [-0.3, -0.25) is 4.79 Å². The lowest BCUT2D eigenvalue weighted by Gasteiger charge is -2.17. The molecule has 0 atom stereocenters. The normalized spacial score (nSPS) is 10.7. The van der Waals surface area contributed by atoms with Gasteiger partial charge in [-0.15, -0.1) is 11.3 Å². The van der Waals surface area contributed by atoms with E-state index in [9.17, 15) is 4.79 Å². The topological polar surface area (TPSA) is 59.2 Å². The fraction of sp³-hybridized carbons (Fsp3) is 0.235. The van der Waals surface area contributed by atoms with E-state index >= 15 is 0 Å². The molecule has 23 heavy (non-hydrogen) atoms. The monoisotopic (exact) mass is 327 g/mol. The van der Waals surface area contributed by atoms with Gasteiger partial charge in [0.2, 0.25) is 0 Å². The lowest BCUT2D eigenvalue weighted by molar-refractivity contribution is 0.0786. The van der Waals surface area contributed by atoms with Gasteiger partial charge in [0.25, 0.3) is 11.8 Å². The number of hydrogen-bond acceptors (Lipinski definition) is 5. The average Bonchev–Trinajstić information content (AvgIpc) is 3.16. The van der Waals surface area contributed by atoms with Crippen molar-refractivity contribution in [3.05, 3.63) is 57.5 Å². The van der Waals surface area contributed by atoms with Crippen molar-refractivity contribution in [2.24, 2.45) is 0 Å². The smallest absolute Gasteiger partial charge is 0.257 e. The quantitative estimate of drug-likeness (QED) is 0.733. The van der Waals surface area contributed by atoms with Crippen molar-refractivity contribution in [1.82, 2.24) is 15.0 Å². The average molecular weight is 327 g/mol. The molecule has 2 aromatic heterocycles. The van der Waals surface area contributed by atoms with Crippen LogP contribution < -0.4 is 0 Å². The van der Waals surface area contributed by atoms with Gasteiger partial charge >= 0.3 is 0 Å². The summed E-state index contributed by atoms with van der Waals surface area (Å²) in [6.07, 6.45) is 0. The second-order valence-electron chi connectivity index (χ2n) is 5.41. The van der Waals surface area contributed by atoms with Crippen LogP contribution in [0.1, 0.15) is 26.6 Å². The van der Waals surface area contributed by atoms with E-state index in [1.807, 2.05) is 24.6 Å². The summed E-state index contributed by atoms with van der Waals surface area (Å²) in [5, 5.41) is 5.81. The van der Waals surface area contributed by atoms with E-state index in [4.69, 9.17) is 4.52 Å². The Morgan fingerprint density at radius 1 is 1.22 bits per heavy atom. The first-order chi connectivity index (χ1) is 11.0. The lowest BCUT2D eigenvalue weighted by atomic mass is 10.1. The molecule has 118 valence electrons. The Morgan fingerprint density at radius 3 is 2.52 bits per heavy atom. The largest absolute Gasteiger partial charge is 0.337 e. The third-order valence-corrected chi connectivity index (χ3v) is 4.61. The summed E-state index contributed by atoms with van der Waals surface area (Å²) < 4.78 is 5.13. The first-order valence-electron chi connectivity index (χ1n) is 7.24. The Morgan fingerprint density at radius 2 is 1.96 bits per heavy atom. The summed E-state index contributed by atoms with van der Waals surface area (Å²) in [5.74, 6) is 1.04. The van der Waals surface area contributed by atoms with E-state index in [2.05, 4.69) is 23.1 Å². The van der Waals surface area contributed by atoms with E-state index in [1.165, 1.54) is 10.4 Å². The van der Waals surface area contributed by atoms with Crippen molar-refractivity contribution in [2.45, 2.75) is 20.4 Å². The zero-order valence-electron chi connectivity index (χ0n) is 13.2. The van der Waals surface area contributed by atoms with Crippen LogP contribution in [0, 0.1) is 13.8 Å². The van der Waals surface area contributed by atoms with Gasteiger partial charge in [-0.05, 0) is 55.1 Å². The first-order valence-corrected chi connectivity index (χ1v) is 8.12. The lowest BCUT2D eigenvalue weighted by Crippen LogP contribution is -2.26. The number of aromatic nitrogens is 2. The van der Waals surface area contributed by atoms with Gasteiger partial charge in [0.05, 0.1) is 6.54 Å². The standard InChI is InChI=1S/C17H17N3O2S/c1-11-8-9-23-15(11)10-20(3)17(21)14-6-4-13(5-7-14)16-18-12(2)19-22-16/h4-9H,10H2,1-3H3. The molecular weight excluding hydrogens is 310 g/mol. The highest BCUT2D eigenvalue weighted by Crippen LogP contribution is 2.20. The van der Waals surface area contributed by atoms with Crippen LogP contribution in [0.4, 0.5) is 0 Å². The Hall–Kier alpha value is -2.47. The van der Waals surface area contributed by atoms with Gasteiger partial charge in [-0.1, -0.05) is 5.16 Å². The first kappa shape index (κ1) is 15.4. The number of aryl methyl sites for hydroxylation is 2. The van der Waals surface area contributed by atoms with Gasteiger partial charge in [-0.25, -0.2) is 0 Å². The van der Waals surface area contributed by atoms with Crippen LogP contribution in [0.3, 0.4) is 0 Å². The molecule has 2 heterocycles. The molecule has 0 spiro atoms. The number of nitrogens with zero attached hydrogens (tertiary/aromatic N) is 3. The maximum absolute atomic E-state index is 12.5. The van der Waals surface area contributed by atoms with Crippen molar-refractivity contribution >= 4 is 17.2 Å². The van der Waals surface area contributed by atoms with Gasteiger partial charge in [0, 0.05) is 23.1 Å². The SMILES string of the molecule is Cc1noc(-c2ccc(C(=O)N(C)Cc3sccc3C)cc2)n1. The molecule has 0 bridgehead atoms. The molecule has 0 aliphatic carbocycles. The Balaban J connectivity index is 1.73. The molecule has 0 unspecified atom stereocenters. The third kappa shape index (κ3) is 3.32. The number of benzene rings is 1. The molecule has 3 aromatic rings. The fourth-order valence-electron chi connectivity index (χ4n) is 2.24. The number of amides is 1. The number of hydrogen-bond donors (Lipinski definition) is 0. The van der Waals surface area contributed by atoms with Gasteiger partial charge in [0.15, 0.2) is 5.82 Å². The van der Waals surface area contributed by atoms with E-state index in [1.54, 1.807) is 35.3 Å². The molecular formula is C17H17N3O2S. The summed E-state index contributed by atoms with van der Waals surface area (Å²) in [6, 6.07) is 9.29. The number of rotatable bonds is 4. The molecule has 0 aliphatic rings. The van der Waals surface area contributed by atoms with Crippen molar-refractivity contribution in [3.63, 3.8) is 0 Å². The molecule has 3 rings (SSSR count). The number of carbonyl (C=O) groups excluding carboxylic acids is 1. The van der Waals surface area contributed by atoms with Crippen molar-refractivity contribution in [3.8, 4) is 11.5 Å².